The highest BCUT2D eigenvalue weighted by molar-refractivity contribution is 8.05. The lowest BCUT2D eigenvalue weighted by molar-refractivity contribution is -0.117. The number of amides is 2. The second kappa shape index (κ2) is 10.9. The van der Waals surface area contributed by atoms with Crippen LogP contribution >= 0.6 is 58.2 Å². The van der Waals surface area contributed by atoms with Crippen LogP contribution in [0.25, 0.3) is 0 Å². The Balaban J connectivity index is 1.73. The lowest BCUT2D eigenvalue weighted by Gasteiger charge is -2.19. The maximum atomic E-state index is 13.5. The molecule has 10 heteroatoms. The Hall–Kier alpha value is -2.66. The van der Waals surface area contributed by atoms with Gasteiger partial charge >= 0.3 is 0 Å². The summed E-state index contributed by atoms with van der Waals surface area (Å²) in [5, 5.41) is 14.2. The van der Waals surface area contributed by atoms with Crippen LogP contribution in [-0.4, -0.2) is 17.1 Å². The number of carbonyl (C=O) groups excluding carboxylic acids is 2. The molecule has 0 radical (unpaired) electrons. The molecule has 0 saturated carbocycles. The SMILES string of the molecule is N#CC(C(=O)Nc1ccc(Cl)cc1)=C1SC(Cc2cc(Cl)ccc2Cl)C(=O)N1c1ccc(Cl)cc1. The fourth-order valence-corrected chi connectivity index (χ4v) is 5.38. The van der Waals surface area contributed by atoms with E-state index in [1.165, 1.54) is 4.90 Å². The topological polar surface area (TPSA) is 73.2 Å². The summed E-state index contributed by atoms with van der Waals surface area (Å²) in [6, 6.07) is 20.0. The fourth-order valence-electron chi connectivity index (χ4n) is 3.44. The first-order chi connectivity index (χ1) is 16.8. The van der Waals surface area contributed by atoms with E-state index < -0.39 is 11.2 Å². The van der Waals surface area contributed by atoms with Crippen LogP contribution in [0.4, 0.5) is 11.4 Å². The van der Waals surface area contributed by atoms with Gasteiger partial charge in [-0.15, -0.1) is 0 Å². The molecule has 176 valence electrons. The maximum Gasteiger partial charge on any atom is 0.269 e. The molecule has 0 aromatic heterocycles. The van der Waals surface area contributed by atoms with E-state index >= 15 is 0 Å². The second-order valence-corrected chi connectivity index (χ2v) is 10.4. The monoisotopic (exact) mass is 561 g/mol. The first kappa shape index (κ1) is 25.4. The molecule has 1 saturated heterocycles. The van der Waals surface area contributed by atoms with Crippen LogP contribution in [0.1, 0.15) is 5.56 Å². The van der Waals surface area contributed by atoms with Gasteiger partial charge in [-0.1, -0.05) is 58.2 Å². The molecule has 0 spiro atoms. The highest BCUT2D eigenvalue weighted by Gasteiger charge is 2.41. The van der Waals surface area contributed by atoms with Crippen molar-refractivity contribution < 1.29 is 9.59 Å². The van der Waals surface area contributed by atoms with Gasteiger partial charge in [-0.05, 0) is 78.7 Å². The first-order valence-electron chi connectivity index (χ1n) is 10.2. The molecule has 1 heterocycles. The van der Waals surface area contributed by atoms with Crippen molar-refractivity contribution in [2.24, 2.45) is 0 Å². The molecule has 1 atom stereocenters. The molecular weight excluding hydrogens is 548 g/mol. The molecule has 3 aromatic rings. The number of hydrogen-bond acceptors (Lipinski definition) is 4. The van der Waals surface area contributed by atoms with Crippen molar-refractivity contribution in [3.05, 3.63) is 103 Å². The molecule has 0 aliphatic carbocycles. The molecule has 3 aromatic carbocycles. The van der Waals surface area contributed by atoms with Crippen LogP contribution in [-0.2, 0) is 16.0 Å². The summed E-state index contributed by atoms with van der Waals surface area (Å²) in [5.74, 6) is -0.944. The first-order valence-corrected chi connectivity index (χ1v) is 12.6. The minimum Gasteiger partial charge on any atom is -0.321 e. The van der Waals surface area contributed by atoms with Crippen molar-refractivity contribution in [3.8, 4) is 6.07 Å². The molecule has 1 fully saturated rings. The number of nitriles is 1. The summed E-state index contributed by atoms with van der Waals surface area (Å²) in [5.41, 5.74) is 1.43. The van der Waals surface area contributed by atoms with Gasteiger partial charge in [0.15, 0.2) is 0 Å². The molecule has 5 nitrogen and oxygen atoms in total. The molecule has 0 bridgehead atoms. The van der Waals surface area contributed by atoms with E-state index in [2.05, 4.69) is 5.32 Å². The number of rotatable bonds is 5. The summed E-state index contributed by atoms with van der Waals surface area (Å²) in [6.07, 6.45) is 0.258. The minimum absolute atomic E-state index is 0.201. The van der Waals surface area contributed by atoms with Crippen LogP contribution in [0.3, 0.4) is 0 Å². The predicted octanol–water partition coefficient (Wildman–Crippen LogP) is 7.37. The Morgan fingerprint density at radius 3 is 2.17 bits per heavy atom. The van der Waals surface area contributed by atoms with Crippen molar-refractivity contribution in [1.29, 1.82) is 5.26 Å². The van der Waals surface area contributed by atoms with Gasteiger partial charge in [-0.3, -0.25) is 14.5 Å². The van der Waals surface area contributed by atoms with Crippen molar-refractivity contribution in [3.63, 3.8) is 0 Å². The van der Waals surface area contributed by atoms with E-state index in [1.54, 1.807) is 66.7 Å². The smallest absolute Gasteiger partial charge is 0.269 e. The zero-order valence-corrected chi connectivity index (χ0v) is 21.6. The van der Waals surface area contributed by atoms with Gasteiger partial charge < -0.3 is 5.32 Å². The number of carbonyl (C=O) groups is 2. The second-order valence-electron chi connectivity index (χ2n) is 7.45. The molecule has 2 amide bonds. The van der Waals surface area contributed by atoms with E-state index in [9.17, 15) is 14.9 Å². The number of benzene rings is 3. The van der Waals surface area contributed by atoms with Crippen LogP contribution in [0.5, 0.6) is 0 Å². The van der Waals surface area contributed by atoms with E-state index in [0.29, 0.717) is 37.0 Å². The van der Waals surface area contributed by atoms with Crippen molar-refractivity contribution >= 4 is 81.4 Å². The summed E-state index contributed by atoms with van der Waals surface area (Å²) in [6.45, 7) is 0. The van der Waals surface area contributed by atoms with Gasteiger partial charge in [0.25, 0.3) is 5.91 Å². The van der Waals surface area contributed by atoms with E-state index in [4.69, 9.17) is 46.4 Å². The Morgan fingerprint density at radius 2 is 1.54 bits per heavy atom. The van der Waals surface area contributed by atoms with Gasteiger partial charge in [0, 0.05) is 31.5 Å². The Bertz CT molecular complexity index is 1370. The van der Waals surface area contributed by atoms with Gasteiger partial charge in [0.05, 0.1) is 5.25 Å². The lowest BCUT2D eigenvalue weighted by atomic mass is 10.1. The number of nitrogens with zero attached hydrogens (tertiary/aromatic N) is 2. The number of hydrogen-bond donors (Lipinski definition) is 1. The van der Waals surface area contributed by atoms with Crippen molar-refractivity contribution in [2.75, 3.05) is 10.2 Å². The average Bonchev–Trinajstić information content (AvgIpc) is 3.14. The minimum atomic E-state index is -0.648. The van der Waals surface area contributed by atoms with Crippen LogP contribution in [0, 0.1) is 11.3 Å². The lowest BCUT2D eigenvalue weighted by Crippen LogP contribution is -2.31. The van der Waals surface area contributed by atoms with E-state index in [0.717, 1.165) is 11.8 Å². The Kier molecular flexibility index (Phi) is 7.95. The largest absolute Gasteiger partial charge is 0.321 e. The highest BCUT2D eigenvalue weighted by atomic mass is 35.5. The van der Waals surface area contributed by atoms with E-state index in [-0.39, 0.29) is 22.9 Å². The van der Waals surface area contributed by atoms with E-state index in [1.807, 2.05) is 6.07 Å². The summed E-state index contributed by atoms with van der Waals surface area (Å²) < 4.78 is 0. The molecule has 1 aliphatic heterocycles. The van der Waals surface area contributed by atoms with Crippen LogP contribution in [0.15, 0.2) is 77.3 Å². The van der Waals surface area contributed by atoms with Gasteiger partial charge in [-0.25, -0.2) is 0 Å². The van der Waals surface area contributed by atoms with Gasteiger partial charge in [-0.2, -0.15) is 5.26 Å². The van der Waals surface area contributed by atoms with Crippen molar-refractivity contribution in [1.82, 2.24) is 0 Å². The normalized spacial score (nSPS) is 16.7. The van der Waals surface area contributed by atoms with Gasteiger partial charge in [0.2, 0.25) is 5.91 Å². The fraction of sp³-hybridized carbons (Fsp3) is 0.0800. The highest BCUT2D eigenvalue weighted by Crippen LogP contribution is 2.43. The Labute approximate surface area is 226 Å². The molecular formula is C25H15Cl4N3O2S. The van der Waals surface area contributed by atoms with Gasteiger partial charge in [0.1, 0.15) is 16.7 Å². The average molecular weight is 563 g/mol. The summed E-state index contributed by atoms with van der Waals surface area (Å²) in [4.78, 5) is 28.0. The number of halogens is 4. The zero-order chi connectivity index (χ0) is 25.1. The number of nitrogens with one attached hydrogen (secondary N) is 1. The zero-order valence-electron chi connectivity index (χ0n) is 17.8. The summed E-state index contributed by atoms with van der Waals surface area (Å²) in [7, 11) is 0. The molecule has 4 rings (SSSR count). The molecule has 35 heavy (non-hydrogen) atoms. The number of thioether (sulfide) groups is 1. The molecule has 1 unspecified atom stereocenters. The standard InChI is InChI=1S/C25H15Cl4N3O2S/c26-15-1-6-18(7-2-15)31-23(33)20(13-30)25-32(19-8-3-16(27)4-9-19)24(34)22(35-25)12-14-11-17(28)5-10-21(14)29/h1-11,22H,12H2,(H,31,33). The number of anilines is 2. The quantitative estimate of drug-likeness (QED) is 0.260. The third-order valence-electron chi connectivity index (χ3n) is 5.11. The Morgan fingerprint density at radius 1 is 0.943 bits per heavy atom. The van der Waals surface area contributed by atoms with Crippen LogP contribution in [0.2, 0.25) is 20.1 Å². The van der Waals surface area contributed by atoms with Crippen LogP contribution < -0.4 is 10.2 Å². The third-order valence-corrected chi connectivity index (χ3v) is 7.48. The predicted molar refractivity (Wildman–Crippen MR) is 143 cm³/mol. The maximum absolute atomic E-state index is 13.5. The van der Waals surface area contributed by atoms with Crippen molar-refractivity contribution in [2.45, 2.75) is 11.7 Å². The molecule has 1 aliphatic rings. The third kappa shape index (κ3) is 5.78. The summed E-state index contributed by atoms with van der Waals surface area (Å²) >= 11 is 25.5. The molecule has 1 N–H and O–H groups in total.